The van der Waals surface area contributed by atoms with Crippen molar-refractivity contribution in [2.24, 2.45) is 0 Å². The maximum Gasteiger partial charge on any atom is 0.0492 e. The van der Waals surface area contributed by atoms with Gasteiger partial charge in [-0.25, -0.2) is 0 Å². The van der Waals surface area contributed by atoms with Crippen LogP contribution in [0.25, 0.3) is 10.9 Å². The van der Waals surface area contributed by atoms with Gasteiger partial charge in [0.15, 0.2) is 0 Å². The highest BCUT2D eigenvalue weighted by molar-refractivity contribution is 9.10. The molecule has 0 fully saturated rings. The molecule has 1 heterocycles. The monoisotopic (exact) mass is 337 g/mol. The molecule has 1 aromatic carbocycles. The molecule has 2 rings (SSSR count). The quantitative estimate of drug-likeness (QED) is 0.745. The van der Waals surface area contributed by atoms with Crippen LogP contribution in [0, 0.1) is 0 Å². The normalized spacial score (nSPS) is 11.6. The second-order valence-corrected chi connectivity index (χ2v) is 5.82. The lowest BCUT2D eigenvalue weighted by Crippen LogP contribution is -2.33. The van der Waals surface area contributed by atoms with Crippen LogP contribution in [-0.2, 0) is 6.54 Å². The van der Waals surface area contributed by atoms with Gasteiger partial charge in [-0.2, -0.15) is 0 Å². The zero-order chi connectivity index (χ0) is 14.4. The molecule has 2 aromatic rings. The molecular formula is C16H24BrN3. The lowest BCUT2D eigenvalue weighted by molar-refractivity contribution is 0.302. The van der Waals surface area contributed by atoms with Gasteiger partial charge in [-0.15, -0.1) is 0 Å². The molecule has 0 bridgehead atoms. The molecule has 0 radical (unpaired) electrons. The maximum atomic E-state index is 3.63. The summed E-state index contributed by atoms with van der Waals surface area (Å²) in [5.74, 6) is 0. The smallest absolute Gasteiger partial charge is 0.0492 e. The summed E-state index contributed by atoms with van der Waals surface area (Å²) in [4.78, 5) is 2.44. The van der Waals surface area contributed by atoms with Gasteiger partial charge in [0, 0.05) is 47.8 Å². The summed E-state index contributed by atoms with van der Waals surface area (Å²) in [6.45, 7) is 10.9. The van der Waals surface area contributed by atoms with Crippen LogP contribution in [0.5, 0.6) is 0 Å². The Bertz CT molecular complexity index is 532. The van der Waals surface area contributed by atoms with Crippen molar-refractivity contribution in [2.75, 3.05) is 32.7 Å². The Balaban J connectivity index is 1.82. The van der Waals surface area contributed by atoms with Gasteiger partial charge >= 0.3 is 0 Å². The highest BCUT2D eigenvalue weighted by atomic mass is 79.9. The molecular weight excluding hydrogens is 314 g/mol. The van der Waals surface area contributed by atoms with Gasteiger partial charge < -0.3 is 14.8 Å². The molecule has 0 spiro atoms. The lowest BCUT2D eigenvalue weighted by Gasteiger charge is -2.18. The maximum absolute atomic E-state index is 3.63. The van der Waals surface area contributed by atoms with Crippen molar-refractivity contribution in [1.82, 2.24) is 14.8 Å². The Kier molecular flexibility index (Phi) is 6.07. The lowest BCUT2D eigenvalue weighted by atomic mass is 10.2. The van der Waals surface area contributed by atoms with Crippen LogP contribution in [0.15, 0.2) is 34.9 Å². The standard InChI is InChI=1S/C16H24BrN3/c1-3-19(4-2)11-9-18-10-12-20-13-15(17)14-7-5-6-8-16(14)20/h5-8,13,18H,3-4,9-12H2,1-2H3. The molecule has 0 saturated carbocycles. The number of benzene rings is 1. The first kappa shape index (κ1) is 15.5. The van der Waals surface area contributed by atoms with Crippen molar-refractivity contribution in [3.63, 3.8) is 0 Å². The van der Waals surface area contributed by atoms with E-state index in [9.17, 15) is 0 Å². The van der Waals surface area contributed by atoms with Crippen molar-refractivity contribution in [3.05, 3.63) is 34.9 Å². The molecule has 0 saturated heterocycles. The van der Waals surface area contributed by atoms with Crippen molar-refractivity contribution >= 4 is 26.8 Å². The molecule has 0 unspecified atom stereocenters. The number of nitrogens with zero attached hydrogens (tertiary/aromatic N) is 2. The fraction of sp³-hybridized carbons (Fsp3) is 0.500. The highest BCUT2D eigenvalue weighted by Gasteiger charge is 2.05. The van der Waals surface area contributed by atoms with Gasteiger partial charge in [0.2, 0.25) is 0 Å². The third-order valence-electron chi connectivity index (χ3n) is 3.77. The van der Waals surface area contributed by atoms with E-state index in [1.165, 1.54) is 15.4 Å². The average Bonchev–Trinajstić information content (AvgIpc) is 2.80. The first-order valence-corrected chi connectivity index (χ1v) is 8.22. The fourth-order valence-corrected chi connectivity index (χ4v) is 3.07. The average molecular weight is 338 g/mol. The minimum absolute atomic E-state index is 1.00. The number of aromatic nitrogens is 1. The van der Waals surface area contributed by atoms with Gasteiger partial charge in [-0.1, -0.05) is 32.0 Å². The molecule has 0 aliphatic heterocycles. The van der Waals surface area contributed by atoms with Crippen LogP contribution in [0.1, 0.15) is 13.8 Å². The summed E-state index contributed by atoms with van der Waals surface area (Å²) in [5.41, 5.74) is 1.30. The van der Waals surface area contributed by atoms with E-state index in [4.69, 9.17) is 0 Å². The molecule has 1 aromatic heterocycles. The van der Waals surface area contributed by atoms with E-state index < -0.39 is 0 Å². The largest absolute Gasteiger partial charge is 0.345 e. The minimum atomic E-state index is 1.00. The Morgan fingerprint density at radius 3 is 2.65 bits per heavy atom. The van der Waals surface area contributed by atoms with E-state index in [2.05, 4.69) is 75.0 Å². The summed E-state index contributed by atoms with van der Waals surface area (Å²) < 4.78 is 3.49. The number of hydrogen-bond donors (Lipinski definition) is 1. The SMILES string of the molecule is CCN(CC)CCNCCn1cc(Br)c2ccccc21. The molecule has 20 heavy (non-hydrogen) atoms. The predicted octanol–water partition coefficient (Wildman–Crippen LogP) is 3.34. The second-order valence-electron chi connectivity index (χ2n) is 4.96. The van der Waals surface area contributed by atoms with Gasteiger partial charge in [-0.3, -0.25) is 0 Å². The summed E-state index contributed by atoms with van der Waals surface area (Å²) >= 11 is 3.63. The van der Waals surface area contributed by atoms with Gasteiger partial charge in [0.1, 0.15) is 0 Å². The summed E-state index contributed by atoms with van der Waals surface area (Å²) in [5, 5.41) is 4.82. The number of hydrogen-bond acceptors (Lipinski definition) is 2. The van der Waals surface area contributed by atoms with Crippen LogP contribution in [-0.4, -0.2) is 42.2 Å². The number of rotatable bonds is 8. The van der Waals surface area contributed by atoms with E-state index >= 15 is 0 Å². The van der Waals surface area contributed by atoms with E-state index in [0.717, 1.165) is 39.3 Å². The van der Waals surface area contributed by atoms with Crippen LogP contribution in [0.2, 0.25) is 0 Å². The molecule has 0 atom stereocenters. The number of likely N-dealkylation sites (N-methyl/N-ethyl adjacent to an activating group) is 1. The van der Waals surface area contributed by atoms with Crippen molar-refractivity contribution in [2.45, 2.75) is 20.4 Å². The highest BCUT2D eigenvalue weighted by Crippen LogP contribution is 2.25. The fourth-order valence-electron chi connectivity index (χ4n) is 2.49. The first-order valence-electron chi connectivity index (χ1n) is 7.42. The Labute approximate surface area is 130 Å². The van der Waals surface area contributed by atoms with Crippen molar-refractivity contribution < 1.29 is 0 Å². The van der Waals surface area contributed by atoms with Crippen LogP contribution in [0.3, 0.4) is 0 Å². The van der Waals surface area contributed by atoms with Gasteiger partial charge in [0.25, 0.3) is 0 Å². The van der Waals surface area contributed by atoms with Crippen LogP contribution < -0.4 is 5.32 Å². The molecule has 1 N–H and O–H groups in total. The van der Waals surface area contributed by atoms with Gasteiger partial charge in [-0.05, 0) is 35.1 Å². The zero-order valence-electron chi connectivity index (χ0n) is 12.4. The molecule has 4 heteroatoms. The Hall–Kier alpha value is -0.840. The number of nitrogens with one attached hydrogen (secondary N) is 1. The number of halogens is 1. The van der Waals surface area contributed by atoms with Crippen LogP contribution >= 0.6 is 15.9 Å². The van der Waals surface area contributed by atoms with Crippen molar-refractivity contribution in [1.29, 1.82) is 0 Å². The summed E-state index contributed by atoms with van der Waals surface area (Å²) in [7, 11) is 0. The van der Waals surface area contributed by atoms with Crippen molar-refractivity contribution in [3.8, 4) is 0 Å². The third kappa shape index (κ3) is 3.84. The molecule has 0 amide bonds. The van der Waals surface area contributed by atoms with E-state index in [0.29, 0.717) is 0 Å². The van der Waals surface area contributed by atoms with E-state index in [-0.39, 0.29) is 0 Å². The first-order chi connectivity index (χ1) is 9.76. The second kappa shape index (κ2) is 7.81. The molecule has 0 aliphatic carbocycles. The van der Waals surface area contributed by atoms with E-state index in [1.807, 2.05) is 0 Å². The minimum Gasteiger partial charge on any atom is -0.345 e. The zero-order valence-corrected chi connectivity index (χ0v) is 14.0. The molecule has 0 aliphatic rings. The molecule has 3 nitrogen and oxygen atoms in total. The van der Waals surface area contributed by atoms with Gasteiger partial charge in [0.05, 0.1) is 0 Å². The predicted molar refractivity (Wildman–Crippen MR) is 90.3 cm³/mol. The molecule has 110 valence electrons. The number of fused-ring (bicyclic) bond motifs is 1. The Morgan fingerprint density at radius 2 is 1.90 bits per heavy atom. The van der Waals surface area contributed by atoms with E-state index in [1.54, 1.807) is 0 Å². The summed E-state index contributed by atoms with van der Waals surface area (Å²) in [6, 6.07) is 8.51. The third-order valence-corrected chi connectivity index (χ3v) is 4.40. The van der Waals surface area contributed by atoms with Crippen LogP contribution in [0.4, 0.5) is 0 Å². The Morgan fingerprint density at radius 1 is 1.15 bits per heavy atom. The number of para-hydroxylation sites is 1. The summed E-state index contributed by atoms with van der Waals surface area (Å²) in [6.07, 6.45) is 2.18. The topological polar surface area (TPSA) is 20.2 Å².